The van der Waals surface area contributed by atoms with Crippen LogP contribution in [0.1, 0.15) is 37.9 Å². The van der Waals surface area contributed by atoms with Crippen LogP contribution in [0.4, 0.5) is 0 Å². The maximum absolute atomic E-state index is 13.9. The molecular weight excluding hydrogens is 1060 g/mol. The van der Waals surface area contributed by atoms with Crippen LogP contribution in [0.5, 0.6) is 0 Å². The molecule has 0 bridgehead atoms. The van der Waals surface area contributed by atoms with Gasteiger partial charge in [0.25, 0.3) is 24.5 Å². The molecule has 0 aromatic carbocycles. The predicted molar refractivity (Wildman–Crippen MR) is 243 cm³/mol. The molecule has 416 valence electrons. The van der Waals surface area contributed by atoms with Crippen molar-refractivity contribution in [1.82, 2.24) is 44.6 Å². The Labute approximate surface area is 420 Å². The average molecular weight is 1110 g/mol. The van der Waals surface area contributed by atoms with Crippen LogP contribution in [0, 0.1) is 0 Å². The third-order valence-electron chi connectivity index (χ3n) is 11.5. The van der Waals surface area contributed by atoms with Crippen LogP contribution in [0.25, 0.3) is 0 Å². The molecule has 9 N–H and O–H groups in total. The van der Waals surface area contributed by atoms with Crippen LogP contribution in [0.15, 0.2) is 65.6 Å². The number of amides is 3. The SMILES string of the molecule is CNC(=O)CCO[C@H]1C(O)[C@@H](COP(=O)([O-])OC2[C@@H](COP(=O)(O)OC3[C@@H](CO)O[C@@H](n4ccc(=O)[nH]c4=O)[C@H]3OCCC(=O)NC)O[C@@H](n3ccc(=O)[nH]c3=O)[C@H]2OCCC(=O)NC)O[C@H]1n1ccc(=O)[nH]c1=O. The zero-order chi connectivity index (χ0) is 54.8. The number of aliphatic hydroxyl groups excluding tert-OH is 2. The third-order valence-corrected chi connectivity index (χ3v) is 13.5. The Balaban J connectivity index is 1.28. The van der Waals surface area contributed by atoms with Gasteiger partial charge in [-0.1, -0.05) is 0 Å². The summed E-state index contributed by atoms with van der Waals surface area (Å²) in [5.74, 6) is -1.55. The minimum Gasteiger partial charge on any atom is -0.756 e. The van der Waals surface area contributed by atoms with Crippen LogP contribution in [-0.4, -0.2) is 177 Å². The maximum Gasteiger partial charge on any atom is 0.472 e. The fourth-order valence-corrected chi connectivity index (χ4v) is 9.74. The number of hydrogen-bond donors (Lipinski definition) is 9. The number of hydrogen-bond acceptors (Lipinski definition) is 24. The van der Waals surface area contributed by atoms with Crippen molar-refractivity contribution < 1.29 is 90.0 Å². The van der Waals surface area contributed by atoms with Crippen molar-refractivity contribution in [3.8, 4) is 0 Å². The molecule has 75 heavy (non-hydrogen) atoms. The number of rotatable bonds is 26. The van der Waals surface area contributed by atoms with Gasteiger partial charge < -0.3 is 73.4 Å². The summed E-state index contributed by atoms with van der Waals surface area (Å²) >= 11 is 0. The van der Waals surface area contributed by atoms with Gasteiger partial charge in [-0.05, 0) is 0 Å². The van der Waals surface area contributed by atoms with E-state index in [1.54, 1.807) is 0 Å². The number of phosphoric ester groups is 2. The first-order valence-electron chi connectivity index (χ1n) is 22.5. The van der Waals surface area contributed by atoms with Crippen LogP contribution >= 0.6 is 15.6 Å². The van der Waals surface area contributed by atoms with E-state index in [0.717, 1.165) is 50.5 Å². The average Bonchev–Trinajstić information content (AvgIpc) is 3.98. The van der Waals surface area contributed by atoms with E-state index in [1.165, 1.54) is 21.1 Å². The normalized spacial score (nSPS) is 28.1. The van der Waals surface area contributed by atoms with Crippen molar-refractivity contribution in [2.75, 3.05) is 60.8 Å². The Bertz CT molecular complexity index is 2940. The number of H-pyrrole nitrogens is 3. The van der Waals surface area contributed by atoms with E-state index < -0.39 is 174 Å². The topological polar surface area (TPSA) is 462 Å². The summed E-state index contributed by atoms with van der Waals surface area (Å²) in [6.45, 7) is -4.50. The molecule has 3 saturated heterocycles. The van der Waals surface area contributed by atoms with Crippen LogP contribution in [-0.2, 0) is 70.0 Å². The molecule has 0 saturated carbocycles. The van der Waals surface area contributed by atoms with Gasteiger partial charge in [0.05, 0.1) is 39.6 Å². The van der Waals surface area contributed by atoms with Crippen LogP contribution in [0.3, 0.4) is 0 Å². The molecule has 0 aliphatic carbocycles. The first-order chi connectivity index (χ1) is 35.6. The lowest BCUT2D eigenvalue weighted by atomic mass is 10.1. The molecule has 3 aromatic rings. The summed E-state index contributed by atoms with van der Waals surface area (Å²) in [6, 6.07) is 2.77. The molecular formula is C39H54N9O25P2-. The third kappa shape index (κ3) is 15.1. The van der Waals surface area contributed by atoms with Crippen LogP contribution in [0.2, 0.25) is 0 Å². The lowest BCUT2D eigenvalue weighted by Crippen LogP contribution is -2.42. The summed E-state index contributed by atoms with van der Waals surface area (Å²) in [5, 5.41) is 28.7. The molecule has 3 amide bonds. The zero-order valence-electron chi connectivity index (χ0n) is 39.8. The quantitative estimate of drug-likeness (QED) is 0.0338. The van der Waals surface area contributed by atoms with Crippen molar-refractivity contribution >= 4 is 33.4 Å². The minimum atomic E-state index is -5.82. The molecule has 3 aliphatic rings. The zero-order valence-corrected chi connectivity index (χ0v) is 41.6. The number of aromatic amines is 3. The van der Waals surface area contributed by atoms with E-state index in [9.17, 15) is 72.3 Å². The van der Waals surface area contributed by atoms with E-state index in [0.29, 0.717) is 0 Å². The van der Waals surface area contributed by atoms with Gasteiger partial charge in [-0.3, -0.25) is 71.0 Å². The number of phosphoric acid groups is 2. The molecule has 3 aromatic heterocycles. The molecule has 34 nitrogen and oxygen atoms in total. The highest BCUT2D eigenvalue weighted by molar-refractivity contribution is 7.47. The first-order valence-corrected chi connectivity index (χ1v) is 25.5. The lowest BCUT2D eigenvalue weighted by Gasteiger charge is -2.32. The van der Waals surface area contributed by atoms with Gasteiger partial charge in [-0.25, -0.2) is 18.9 Å². The van der Waals surface area contributed by atoms with Crippen molar-refractivity contribution in [1.29, 1.82) is 0 Å². The Hall–Kier alpha value is -5.65. The standard InChI is InChI=1S/C39H55N9O25P2/c1-40-22(50)7-13-64-31-28(56)20(70-34(31)46-10-4-25(53)43-37(46)57)17-67-74(60,61)73-30-21(71-36(33(30)66-15-9-24(52)42-3)48-12-6-27(55)45-39(48)59)18-68-75(62,63)72-29-19(16-49)69-35(32(29)65-14-8-23(51)41-2)47-11-5-26(54)44-38(47)58/h4-6,10-12,19-21,28-36,49,56H,7-9,13-18H2,1-3H3,(H,40,50)(H,41,51)(H,42,52)(H,60,61)(H,62,63)(H,43,53,57)(H,44,54,58)(H,45,55,59)/p-1/t19-,20-,21-,28?,29?,30?,31+,32+,33+,34-,35-,36-/m1/s1. The van der Waals surface area contributed by atoms with Gasteiger partial charge in [0.1, 0.15) is 54.9 Å². The number of carbonyl (C=O) groups excluding carboxylic acids is 3. The van der Waals surface area contributed by atoms with Gasteiger partial charge in [-0.2, -0.15) is 0 Å². The Morgan fingerprint density at radius 2 is 0.973 bits per heavy atom. The Morgan fingerprint density at radius 1 is 0.600 bits per heavy atom. The largest absolute Gasteiger partial charge is 0.756 e. The van der Waals surface area contributed by atoms with Gasteiger partial charge in [0.2, 0.25) is 17.7 Å². The van der Waals surface area contributed by atoms with Crippen molar-refractivity contribution in [3.63, 3.8) is 0 Å². The van der Waals surface area contributed by atoms with E-state index in [2.05, 4.69) is 16.0 Å². The number of aromatic nitrogens is 6. The second-order valence-corrected chi connectivity index (χ2v) is 19.1. The second-order valence-electron chi connectivity index (χ2n) is 16.3. The lowest BCUT2D eigenvalue weighted by molar-refractivity contribution is -0.237. The second kappa shape index (κ2) is 25.9. The Morgan fingerprint density at radius 3 is 1.39 bits per heavy atom. The number of ether oxygens (including phenoxy) is 6. The molecule has 5 unspecified atom stereocenters. The van der Waals surface area contributed by atoms with Gasteiger partial charge >= 0.3 is 24.9 Å². The van der Waals surface area contributed by atoms with Crippen molar-refractivity contribution in [2.24, 2.45) is 0 Å². The fourth-order valence-electron chi connectivity index (χ4n) is 7.83. The monoisotopic (exact) mass is 1110 g/mol. The van der Waals surface area contributed by atoms with Gasteiger partial charge in [0.15, 0.2) is 18.7 Å². The molecule has 3 aliphatic heterocycles. The smallest absolute Gasteiger partial charge is 0.472 e. The summed E-state index contributed by atoms with van der Waals surface area (Å²) in [5.41, 5.74) is -5.67. The molecule has 0 radical (unpaired) electrons. The minimum absolute atomic E-state index is 0.225. The number of aliphatic hydroxyl groups is 2. The van der Waals surface area contributed by atoms with E-state index in [-0.39, 0.29) is 25.9 Å². The van der Waals surface area contributed by atoms with Crippen LogP contribution < -0.4 is 54.6 Å². The molecule has 0 spiro atoms. The first kappa shape index (κ1) is 58.6. The number of carbonyl (C=O) groups is 3. The van der Waals surface area contributed by atoms with E-state index >= 15 is 0 Å². The highest BCUT2D eigenvalue weighted by Gasteiger charge is 2.53. The van der Waals surface area contributed by atoms with Crippen molar-refractivity contribution in [2.45, 2.75) is 92.9 Å². The summed E-state index contributed by atoms with van der Waals surface area (Å²) in [6.07, 6.45) is -18.6. The summed E-state index contributed by atoms with van der Waals surface area (Å²) in [4.78, 5) is 142. The highest BCUT2D eigenvalue weighted by Crippen LogP contribution is 2.51. The summed E-state index contributed by atoms with van der Waals surface area (Å²) < 4.78 is 86.5. The number of nitrogens with zero attached hydrogens (tertiary/aromatic N) is 3. The molecule has 6 rings (SSSR count). The molecule has 14 atom stereocenters. The van der Waals surface area contributed by atoms with Crippen molar-refractivity contribution in [3.05, 3.63) is 99.3 Å². The molecule has 6 heterocycles. The predicted octanol–water partition coefficient (Wildman–Crippen LogP) is -6.38. The maximum atomic E-state index is 13.9. The highest BCUT2D eigenvalue weighted by atomic mass is 31.2. The molecule has 3 fully saturated rings. The molecule has 36 heteroatoms. The Kier molecular flexibility index (Phi) is 20.3. The van der Waals surface area contributed by atoms with E-state index in [4.69, 9.17) is 46.5 Å². The summed E-state index contributed by atoms with van der Waals surface area (Å²) in [7, 11) is -7.38. The van der Waals surface area contributed by atoms with Gasteiger partial charge in [0, 0.05) is 77.2 Å². The van der Waals surface area contributed by atoms with Gasteiger partial charge in [-0.15, -0.1) is 0 Å². The van der Waals surface area contributed by atoms with E-state index in [1.807, 2.05) is 15.0 Å². The number of nitrogens with one attached hydrogen (secondary N) is 6. The fraction of sp³-hybridized carbons (Fsp3) is 0.615.